The summed E-state index contributed by atoms with van der Waals surface area (Å²) in [6.07, 6.45) is 0.810. The highest BCUT2D eigenvalue weighted by Crippen LogP contribution is 2.24. The number of likely N-dealkylation sites (N-methyl/N-ethyl adjacent to an activating group) is 1. The highest BCUT2D eigenvalue weighted by molar-refractivity contribution is 5.68. The Bertz CT molecular complexity index is 420. The van der Waals surface area contributed by atoms with Crippen molar-refractivity contribution in [1.29, 1.82) is 0 Å². The molecule has 0 unspecified atom stereocenters. The molecule has 0 amide bonds. The molecule has 0 aromatic heterocycles. The fraction of sp³-hybridized carbons (Fsp3) is 0.562. The van der Waals surface area contributed by atoms with E-state index in [-0.39, 0.29) is 12.0 Å². The summed E-state index contributed by atoms with van der Waals surface area (Å²) in [5.74, 6) is 0.0603. The molecule has 4 nitrogen and oxygen atoms in total. The molecule has 0 aliphatic rings. The monoisotopic (exact) mass is 279 g/mol. The molecule has 1 aromatic rings. The first-order valence-electron chi connectivity index (χ1n) is 6.93. The summed E-state index contributed by atoms with van der Waals surface area (Å²) in [7, 11) is 1.80. The Morgan fingerprint density at radius 3 is 2.35 bits per heavy atom. The van der Waals surface area contributed by atoms with Gasteiger partial charge in [-0.05, 0) is 36.6 Å². The van der Waals surface area contributed by atoms with Crippen molar-refractivity contribution in [1.82, 2.24) is 4.90 Å². The van der Waals surface area contributed by atoms with Gasteiger partial charge in [0, 0.05) is 6.54 Å². The maximum atomic E-state index is 10.5. The predicted octanol–water partition coefficient (Wildman–Crippen LogP) is 2.77. The normalized spacial score (nSPS) is 11.7. The Balaban J connectivity index is 2.31. The zero-order valence-electron chi connectivity index (χ0n) is 12.8. The number of hydrogen-bond acceptors (Lipinski definition) is 3. The fourth-order valence-corrected chi connectivity index (χ4v) is 1.89. The average Bonchev–Trinajstić information content (AvgIpc) is 2.33. The van der Waals surface area contributed by atoms with Gasteiger partial charge in [0.25, 0.3) is 0 Å². The number of carbonyl (C=O) groups is 1. The van der Waals surface area contributed by atoms with E-state index < -0.39 is 5.97 Å². The van der Waals surface area contributed by atoms with Gasteiger partial charge in [-0.15, -0.1) is 0 Å². The van der Waals surface area contributed by atoms with Gasteiger partial charge in [0.15, 0.2) is 0 Å². The number of carboxylic acid groups (broad SMARTS) is 1. The van der Waals surface area contributed by atoms with E-state index in [1.165, 1.54) is 5.56 Å². The zero-order chi connectivity index (χ0) is 15.2. The van der Waals surface area contributed by atoms with Crippen molar-refractivity contribution < 1.29 is 14.6 Å². The minimum atomic E-state index is -0.800. The second-order valence-corrected chi connectivity index (χ2v) is 6.11. The highest BCUT2D eigenvalue weighted by Gasteiger charge is 2.12. The van der Waals surface area contributed by atoms with Crippen LogP contribution in [-0.2, 0) is 10.2 Å². The van der Waals surface area contributed by atoms with E-state index in [2.05, 4.69) is 32.9 Å². The minimum Gasteiger partial charge on any atom is -0.494 e. The van der Waals surface area contributed by atoms with Crippen molar-refractivity contribution in [2.24, 2.45) is 0 Å². The molecule has 112 valence electrons. The second-order valence-electron chi connectivity index (χ2n) is 6.11. The molecule has 0 heterocycles. The Kier molecular flexibility index (Phi) is 6.02. The molecule has 0 saturated heterocycles. The first kappa shape index (κ1) is 16.5. The van der Waals surface area contributed by atoms with E-state index >= 15 is 0 Å². The van der Waals surface area contributed by atoms with Crippen LogP contribution in [0, 0.1) is 0 Å². The van der Waals surface area contributed by atoms with Gasteiger partial charge in [-0.25, -0.2) is 0 Å². The Morgan fingerprint density at radius 1 is 1.25 bits per heavy atom. The lowest BCUT2D eigenvalue weighted by molar-refractivity contribution is -0.138. The summed E-state index contributed by atoms with van der Waals surface area (Å²) in [6, 6.07) is 8.15. The zero-order valence-corrected chi connectivity index (χ0v) is 12.8. The van der Waals surface area contributed by atoms with Crippen LogP contribution in [0.5, 0.6) is 5.75 Å². The van der Waals surface area contributed by atoms with E-state index in [4.69, 9.17) is 9.84 Å². The molecular formula is C16H25NO3. The Morgan fingerprint density at radius 2 is 1.85 bits per heavy atom. The van der Waals surface area contributed by atoms with Gasteiger partial charge in [0.1, 0.15) is 5.75 Å². The molecule has 0 aliphatic heterocycles. The molecule has 4 heteroatoms. The van der Waals surface area contributed by atoms with Crippen molar-refractivity contribution in [2.75, 3.05) is 26.7 Å². The number of rotatable bonds is 7. The predicted molar refractivity (Wildman–Crippen MR) is 80.4 cm³/mol. The first-order valence-corrected chi connectivity index (χ1v) is 6.93. The van der Waals surface area contributed by atoms with Crippen LogP contribution in [-0.4, -0.2) is 42.7 Å². The summed E-state index contributed by atoms with van der Waals surface area (Å²) in [4.78, 5) is 12.3. The van der Waals surface area contributed by atoms with E-state index in [1.807, 2.05) is 12.1 Å². The van der Waals surface area contributed by atoms with Gasteiger partial charge in [-0.1, -0.05) is 32.9 Å². The van der Waals surface area contributed by atoms with E-state index in [0.29, 0.717) is 13.2 Å². The van der Waals surface area contributed by atoms with Gasteiger partial charge in [-0.3, -0.25) is 9.69 Å². The van der Waals surface area contributed by atoms with E-state index in [9.17, 15) is 4.79 Å². The standard InChI is InChI=1S/C16H25NO3/c1-16(2,3)13-6-8-14(9-7-13)20-11-5-10-17(4)12-15(18)19/h6-9H,5,10-12H2,1-4H3,(H,18,19). The number of benzene rings is 1. The third-order valence-corrected chi connectivity index (χ3v) is 3.08. The molecule has 0 atom stereocenters. The lowest BCUT2D eigenvalue weighted by Crippen LogP contribution is -2.27. The highest BCUT2D eigenvalue weighted by atomic mass is 16.5. The molecule has 1 N–H and O–H groups in total. The average molecular weight is 279 g/mol. The topological polar surface area (TPSA) is 49.8 Å². The maximum absolute atomic E-state index is 10.5. The molecule has 0 aliphatic carbocycles. The number of hydrogen-bond donors (Lipinski definition) is 1. The Labute approximate surface area is 121 Å². The van der Waals surface area contributed by atoms with Crippen LogP contribution in [0.3, 0.4) is 0 Å². The van der Waals surface area contributed by atoms with Crippen LogP contribution in [0.1, 0.15) is 32.8 Å². The number of aliphatic carboxylic acids is 1. The fourth-order valence-electron chi connectivity index (χ4n) is 1.89. The number of ether oxygens (including phenoxy) is 1. The van der Waals surface area contributed by atoms with Crippen molar-refractivity contribution in [3.63, 3.8) is 0 Å². The molecule has 1 rings (SSSR count). The molecule has 0 saturated carbocycles. The second kappa shape index (κ2) is 7.29. The lowest BCUT2D eigenvalue weighted by Gasteiger charge is -2.19. The van der Waals surface area contributed by atoms with Crippen LogP contribution < -0.4 is 4.74 Å². The smallest absolute Gasteiger partial charge is 0.317 e. The van der Waals surface area contributed by atoms with Crippen LogP contribution >= 0.6 is 0 Å². The summed E-state index contributed by atoms with van der Waals surface area (Å²) < 4.78 is 5.65. The third kappa shape index (κ3) is 6.06. The molecule has 20 heavy (non-hydrogen) atoms. The minimum absolute atomic E-state index is 0.0697. The molecule has 0 radical (unpaired) electrons. The number of carboxylic acids is 1. The summed E-state index contributed by atoms with van der Waals surface area (Å²) in [5, 5.41) is 8.64. The van der Waals surface area contributed by atoms with Crippen LogP contribution in [0.15, 0.2) is 24.3 Å². The molecule has 1 aromatic carbocycles. The third-order valence-electron chi connectivity index (χ3n) is 3.08. The summed E-state index contributed by atoms with van der Waals surface area (Å²) in [6.45, 7) is 7.93. The summed E-state index contributed by atoms with van der Waals surface area (Å²) >= 11 is 0. The van der Waals surface area contributed by atoms with Gasteiger partial charge in [-0.2, -0.15) is 0 Å². The van der Waals surface area contributed by atoms with Crippen LogP contribution in [0.25, 0.3) is 0 Å². The van der Waals surface area contributed by atoms with E-state index in [0.717, 1.165) is 12.2 Å². The largest absolute Gasteiger partial charge is 0.494 e. The van der Waals surface area contributed by atoms with Crippen molar-refractivity contribution in [2.45, 2.75) is 32.6 Å². The molecular weight excluding hydrogens is 254 g/mol. The maximum Gasteiger partial charge on any atom is 0.317 e. The first-order chi connectivity index (χ1) is 9.29. The van der Waals surface area contributed by atoms with Gasteiger partial charge < -0.3 is 9.84 Å². The van der Waals surface area contributed by atoms with Gasteiger partial charge >= 0.3 is 5.97 Å². The van der Waals surface area contributed by atoms with Gasteiger partial charge in [0.2, 0.25) is 0 Å². The van der Waals surface area contributed by atoms with Gasteiger partial charge in [0.05, 0.1) is 13.2 Å². The summed E-state index contributed by atoms with van der Waals surface area (Å²) in [5.41, 5.74) is 1.43. The molecule has 0 bridgehead atoms. The van der Waals surface area contributed by atoms with E-state index in [1.54, 1.807) is 11.9 Å². The van der Waals surface area contributed by atoms with Crippen molar-refractivity contribution >= 4 is 5.97 Å². The van der Waals surface area contributed by atoms with Crippen LogP contribution in [0.4, 0.5) is 0 Å². The number of nitrogens with zero attached hydrogens (tertiary/aromatic N) is 1. The SMILES string of the molecule is CN(CCCOc1ccc(C(C)(C)C)cc1)CC(=O)O. The Hall–Kier alpha value is -1.55. The van der Waals surface area contributed by atoms with Crippen LogP contribution in [0.2, 0.25) is 0 Å². The lowest BCUT2D eigenvalue weighted by atomic mass is 9.87. The molecule has 0 spiro atoms. The van der Waals surface area contributed by atoms with Crippen molar-refractivity contribution in [3.05, 3.63) is 29.8 Å². The quantitative estimate of drug-likeness (QED) is 0.780. The van der Waals surface area contributed by atoms with Crippen molar-refractivity contribution in [3.8, 4) is 5.75 Å². The molecule has 0 fully saturated rings.